The number of aliphatic carboxylic acids is 1. The number of nitrogens with one attached hydrogen (secondary N) is 2. The fourth-order valence-corrected chi connectivity index (χ4v) is 5.50. The lowest BCUT2D eigenvalue weighted by atomic mass is 9.93. The second-order valence-electron chi connectivity index (χ2n) is 10.7. The molecule has 1 atom stereocenters. The standard InChI is InChI=1S/C30H37FN4O4/c1-4-21(5-2)35-18-23(28(37)34-30(3,29(38)39)16-19-10-9-13-32-17-19)27(36)22-14-24(31)25(15-26(22)35)33-20-11-7-6-8-12-20/h9-10,13-15,17-18,20-21,33H,4-8,11-12,16H2,1-3H3,(H,34,37)(H,38,39)/t30-/m1/s1. The molecular weight excluding hydrogens is 499 g/mol. The number of anilines is 1. The van der Waals surface area contributed by atoms with Gasteiger partial charge in [-0.25, -0.2) is 9.18 Å². The largest absolute Gasteiger partial charge is 0.480 e. The summed E-state index contributed by atoms with van der Waals surface area (Å²) in [6, 6.07) is 6.40. The van der Waals surface area contributed by atoms with Gasteiger partial charge in [0.2, 0.25) is 5.43 Å². The van der Waals surface area contributed by atoms with Crippen LogP contribution >= 0.6 is 0 Å². The highest BCUT2D eigenvalue weighted by Crippen LogP contribution is 2.29. The molecule has 208 valence electrons. The van der Waals surface area contributed by atoms with Crippen LogP contribution in [0, 0.1) is 5.82 Å². The molecule has 1 amide bonds. The average Bonchev–Trinajstić information content (AvgIpc) is 2.92. The number of carboxylic acids is 1. The zero-order valence-electron chi connectivity index (χ0n) is 22.8. The van der Waals surface area contributed by atoms with Crippen molar-refractivity contribution in [2.24, 2.45) is 0 Å². The van der Waals surface area contributed by atoms with Gasteiger partial charge in [-0.15, -0.1) is 0 Å². The Balaban J connectivity index is 1.77. The number of fused-ring (bicyclic) bond motifs is 1. The molecule has 4 rings (SSSR count). The predicted molar refractivity (Wildman–Crippen MR) is 150 cm³/mol. The van der Waals surface area contributed by atoms with E-state index in [2.05, 4.69) is 15.6 Å². The molecule has 1 fully saturated rings. The van der Waals surface area contributed by atoms with Crippen molar-refractivity contribution < 1.29 is 19.1 Å². The van der Waals surface area contributed by atoms with Crippen LogP contribution in [0.25, 0.3) is 10.9 Å². The number of benzene rings is 1. The van der Waals surface area contributed by atoms with E-state index in [1.54, 1.807) is 24.4 Å². The molecule has 1 aliphatic rings. The molecule has 3 aromatic rings. The van der Waals surface area contributed by atoms with Crippen LogP contribution in [0.3, 0.4) is 0 Å². The van der Waals surface area contributed by atoms with Gasteiger partial charge in [0.1, 0.15) is 16.9 Å². The van der Waals surface area contributed by atoms with Crippen molar-refractivity contribution in [2.75, 3.05) is 5.32 Å². The van der Waals surface area contributed by atoms with E-state index in [0.717, 1.165) is 38.5 Å². The Kier molecular flexibility index (Phi) is 8.67. The third kappa shape index (κ3) is 6.13. The minimum atomic E-state index is -1.69. The first-order valence-electron chi connectivity index (χ1n) is 13.8. The van der Waals surface area contributed by atoms with Crippen LogP contribution in [0.2, 0.25) is 0 Å². The summed E-state index contributed by atoms with van der Waals surface area (Å²) in [6.07, 6.45) is 11.3. The van der Waals surface area contributed by atoms with Gasteiger partial charge in [-0.1, -0.05) is 39.2 Å². The Morgan fingerprint density at radius 1 is 1.21 bits per heavy atom. The summed E-state index contributed by atoms with van der Waals surface area (Å²) in [5, 5.41) is 16.0. The number of carbonyl (C=O) groups is 2. The monoisotopic (exact) mass is 536 g/mol. The SMILES string of the molecule is CCC(CC)n1cc(C(=O)N[C@](C)(Cc2cccnc2)C(=O)O)c(=O)c2cc(F)c(NC3CCCCC3)cc21. The molecule has 0 aliphatic heterocycles. The molecule has 0 spiro atoms. The first-order chi connectivity index (χ1) is 18.7. The summed E-state index contributed by atoms with van der Waals surface area (Å²) in [5.41, 5.74) is -1.04. The van der Waals surface area contributed by atoms with Crippen molar-refractivity contribution in [2.45, 2.75) is 89.8 Å². The van der Waals surface area contributed by atoms with Crippen LogP contribution in [-0.2, 0) is 11.2 Å². The Labute approximate surface area is 227 Å². The van der Waals surface area contributed by atoms with E-state index in [-0.39, 0.29) is 29.5 Å². The van der Waals surface area contributed by atoms with Gasteiger partial charge in [0.05, 0.1) is 11.2 Å². The normalized spacial score (nSPS) is 15.7. The van der Waals surface area contributed by atoms with E-state index in [9.17, 15) is 19.5 Å². The van der Waals surface area contributed by atoms with E-state index in [4.69, 9.17) is 0 Å². The minimum Gasteiger partial charge on any atom is -0.480 e. The van der Waals surface area contributed by atoms with Gasteiger partial charge in [-0.3, -0.25) is 14.6 Å². The van der Waals surface area contributed by atoms with Crippen molar-refractivity contribution in [3.05, 3.63) is 70.0 Å². The number of pyridine rings is 2. The molecule has 1 aromatic carbocycles. The lowest BCUT2D eigenvalue weighted by Crippen LogP contribution is -2.54. The van der Waals surface area contributed by atoms with E-state index < -0.39 is 28.7 Å². The van der Waals surface area contributed by atoms with E-state index >= 15 is 4.39 Å². The van der Waals surface area contributed by atoms with Crippen LogP contribution < -0.4 is 16.1 Å². The molecule has 8 nitrogen and oxygen atoms in total. The summed E-state index contributed by atoms with van der Waals surface area (Å²) in [5.74, 6) is -2.61. The maximum Gasteiger partial charge on any atom is 0.329 e. The number of aromatic nitrogens is 2. The fraction of sp³-hybridized carbons (Fsp3) is 0.467. The Morgan fingerprint density at radius 2 is 1.92 bits per heavy atom. The third-order valence-electron chi connectivity index (χ3n) is 7.81. The highest BCUT2D eigenvalue weighted by atomic mass is 19.1. The highest BCUT2D eigenvalue weighted by Gasteiger charge is 2.36. The summed E-state index contributed by atoms with van der Waals surface area (Å²) in [4.78, 5) is 43.3. The van der Waals surface area contributed by atoms with Gasteiger partial charge in [-0.2, -0.15) is 0 Å². The molecule has 3 N–H and O–H groups in total. The average molecular weight is 537 g/mol. The zero-order valence-corrected chi connectivity index (χ0v) is 22.8. The Hall–Kier alpha value is -3.75. The second-order valence-corrected chi connectivity index (χ2v) is 10.7. The molecule has 1 saturated carbocycles. The predicted octanol–water partition coefficient (Wildman–Crippen LogP) is 5.46. The quantitative estimate of drug-likeness (QED) is 0.317. The molecule has 0 saturated heterocycles. The van der Waals surface area contributed by atoms with Gasteiger partial charge < -0.3 is 20.3 Å². The van der Waals surface area contributed by atoms with Gasteiger partial charge in [0.25, 0.3) is 5.91 Å². The number of amides is 1. The summed E-state index contributed by atoms with van der Waals surface area (Å²) >= 11 is 0. The molecular formula is C30H37FN4O4. The maximum absolute atomic E-state index is 15.3. The number of carboxylic acid groups (broad SMARTS) is 1. The number of halogens is 1. The van der Waals surface area contributed by atoms with Crippen LogP contribution in [-0.4, -0.2) is 38.1 Å². The molecule has 0 radical (unpaired) electrons. The lowest BCUT2D eigenvalue weighted by Gasteiger charge is -2.27. The number of hydrogen-bond donors (Lipinski definition) is 3. The Bertz CT molecular complexity index is 1400. The molecule has 1 aliphatic carbocycles. The van der Waals surface area contributed by atoms with Gasteiger partial charge >= 0.3 is 5.97 Å². The molecule has 2 heterocycles. The molecule has 39 heavy (non-hydrogen) atoms. The van der Waals surface area contributed by atoms with Gasteiger partial charge in [0, 0.05) is 42.5 Å². The van der Waals surface area contributed by atoms with E-state index in [1.807, 2.05) is 18.4 Å². The first kappa shape index (κ1) is 28.3. The molecule has 0 bridgehead atoms. The number of carbonyl (C=O) groups excluding carboxylic acids is 1. The fourth-order valence-electron chi connectivity index (χ4n) is 5.50. The number of nitrogens with zero attached hydrogens (tertiary/aromatic N) is 2. The molecule has 0 unspecified atom stereocenters. The Morgan fingerprint density at radius 3 is 2.54 bits per heavy atom. The number of rotatable bonds is 10. The van der Waals surface area contributed by atoms with Crippen LogP contribution in [0.4, 0.5) is 10.1 Å². The highest BCUT2D eigenvalue weighted by molar-refractivity contribution is 6.00. The van der Waals surface area contributed by atoms with Crippen molar-refractivity contribution in [3.8, 4) is 0 Å². The van der Waals surface area contributed by atoms with Crippen LogP contribution in [0.5, 0.6) is 0 Å². The first-order valence-corrected chi connectivity index (χ1v) is 13.8. The van der Waals surface area contributed by atoms with Crippen LogP contribution in [0.1, 0.15) is 87.7 Å². The maximum atomic E-state index is 15.3. The topological polar surface area (TPSA) is 113 Å². The van der Waals surface area contributed by atoms with E-state index in [1.165, 1.54) is 31.8 Å². The summed E-state index contributed by atoms with van der Waals surface area (Å²) < 4.78 is 17.2. The lowest BCUT2D eigenvalue weighted by molar-refractivity contribution is -0.143. The molecule has 9 heteroatoms. The van der Waals surface area contributed by atoms with Crippen LogP contribution in [0.15, 0.2) is 47.7 Å². The number of hydrogen-bond acceptors (Lipinski definition) is 5. The van der Waals surface area contributed by atoms with Crippen molar-refractivity contribution in [1.82, 2.24) is 14.9 Å². The summed E-state index contributed by atoms with van der Waals surface area (Å²) in [7, 11) is 0. The molecule has 2 aromatic heterocycles. The third-order valence-corrected chi connectivity index (χ3v) is 7.81. The van der Waals surface area contributed by atoms with Gasteiger partial charge in [0.15, 0.2) is 0 Å². The summed E-state index contributed by atoms with van der Waals surface area (Å²) in [6.45, 7) is 5.42. The smallest absolute Gasteiger partial charge is 0.329 e. The van der Waals surface area contributed by atoms with Crippen molar-refractivity contribution in [3.63, 3.8) is 0 Å². The second kappa shape index (κ2) is 12.0. The van der Waals surface area contributed by atoms with Crippen molar-refractivity contribution in [1.29, 1.82) is 0 Å². The minimum absolute atomic E-state index is 0.0267. The van der Waals surface area contributed by atoms with E-state index in [0.29, 0.717) is 16.8 Å². The van der Waals surface area contributed by atoms with Gasteiger partial charge in [-0.05, 0) is 56.4 Å². The van der Waals surface area contributed by atoms with Crippen molar-refractivity contribution >= 4 is 28.5 Å². The zero-order chi connectivity index (χ0) is 28.2.